The predicted octanol–water partition coefficient (Wildman–Crippen LogP) is 4.07. The molecule has 0 saturated carbocycles. The molecule has 3 nitrogen and oxygen atoms in total. The minimum Gasteiger partial charge on any atom is -0.454 e. The maximum absolute atomic E-state index is 13.5. The lowest BCUT2D eigenvalue weighted by atomic mass is 10.2. The Bertz CT molecular complexity index is 664. The molecule has 2 aromatic carbocycles. The summed E-state index contributed by atoms with van der Waals surface area (Å²) in [6, 6.07) is 7.05. The Hall–Kier alpha value is -1.82. The smallest absolute Gasteiger partial charge is 0.231 e. The molecule has 3 rings (SSSR count). The number of benzene rings is 2. The predicted molar refractivity (Wildman–Crippen MR) is 73.9 cm³/mol. The summed E-state index contributed by atoms with van der Waals surface area (Å²) in [4.78, 5) is 0. The van der Waals surface area contributed by atoms with Gasteiger partial charge >= 0.3 is 0 Å². The zero-order valence-corrected chi connectivity index (χ0v) is 11.8. The summed E-state index contributed by atoms with van der Waals surface area (Å²) in [7, 11) is 0. The van der Waals surface area contributed by atoms with Crippen molar-refractivity contribution in [2.45, 2.75) is 6.54 Å². The molecule has 0 bridgehead atoms. The van der Waals surface area contributed by atoms with Gasteiger partial charge < -0.3 is 14.8 Å². The molecular weight excluding hydrogens is 332 g/mol. The van der Waals surface area contributed by atoms with Crippen molar-refractivity contribution < 1.29 is 18.3 Å². The van der Waals surface area contributed by atoms with Crippen molar-refractivity contribution in [1.29, 1.82) is 0 Å². The topological polar surface area (TPSA) is 30.5 Å². The molecule has 0 aliphatic carbocycles. The maximum Gasteiger partial charge on any atom is 0.231 e. The third-order valence-corrected chi connectivity index (χ3v) is 3.68. The van der Waals surface area contributed by atoms with Gasteiger partial charge in [-0.3, -0.25) is 0 Å². The van der Waals surface area contributed by atoms with E-state index in [1.807, 2.05) is 6.07 Å². The van der Waals surface area contributed by atoms with Crippen molar-refractivity contribution in [2.24, 2.45) is 0 Å². The van der Waals surface area contributed by atoms with E-state index in [2.05, 4.69) is 21.2 Å². The van der Waals surface area contributed by atoms with Crippen LogP contribution in [-0.2, 0) is 6.54 Å². The number of nitrogens with one attached hydrogen (secondary N) is 1. The largest absolute Gasteiger partial charge is 0.454 e. The zero-order valence-electron chi connectivity index (χ0n) is 10.3. The van der Waals surface area contributed by atoms with Crippen LogP contribution in [0.1, 0.15) is 5.56 Å². The van der Waals surface area contributed by atoms with Crippen molar-refractivity contribution >= 4 is 21.6 Å². The van der Waals surface area contributed by atoms with Crippen LogP contribution in [0.15, 0.2) is 34.8 Å². The van der Waals surface area contributed by atoms with Gasteiger partial charge in [0.1, 0.15) is 11.6 Å². The van der Waals surface area contributed by atoms with Gasteiger partial charge in [0.25, 0.3) is 0 Å². The molecule has 0 fully saturated rings. The van der Waals surface area contributed by atoms with Crippen LogP contribution in [0, 0.1) is 11.6 Å². The molecule has 0 aromatic heterocycles. The molecule has 0 spiro atoms. The number of hydrogen-bond acceptors (Lipinski definition) is 3. The molecule has 20 heavy (non-hydrogen) atoms. The standard InChI is InChI=1S/C14H10BrF2NO2/c15-10-5-14-13(19-7-20-14)3-8(10)6-18-12-2-1-9(16)4-11(12)17/h1-5,18H,6-7H2. The molecule has 6 heteroatoms. The van der Waals surface area contributed by atoms with Crippen LogP contribution < -0.4 is 14.8 Å². The quantitative estimate of drug-likeness (QED) is 0.912. The number of halogens is 3. The fourth-order valence-corrected chi connectivity index (χ4v) is 2.38. The number of anilines is 1. The molecule has 0 saturated heterocycles. The highest BCUT2D eigenvalue weighted by molar-refractivity contribution is 9.10. The lowest BCUT2D eigenvalue weighted by molar-refractivity contribution is 0.174. The van der Waals surface area contributed by atoms with Crippen LogP contribution in [0.2, 0.25) is 0 Å². The molecule has 1 heterocycles. The first-order chi connectivity index (χ1) is 9.63. The fourth-order valence-electron chi connectivity index (χ4n) is 1.92. The number of ether oxygens (including phenoxy) is 2. The summed E-state index contributed by atoms with van der Waals surface area (Å²) in [6.45, 7) is 0.574. The van der Waals surface area contributed by atoms with Gasteiger partial charge in [-0.25, -0.2) is 8.78 Å². The molecular formula is C14H10BrF2NO2. The highest BCUT2D eigenvalue weighted by Crippen LogP contribution is 2.37. The minimum atomic E-state index is -0.623. The van der Waals surface area contributed by atoms with Crippen LogP contribution in [-0.4, -0.2) is 6.79 Å². The molecule has 1 N–H and O–H groups in total. The number of hydrogen-bond donors (Lipinski definition) is 1. The molecule has 0 radical (unpaired) electrons. The van der Waals surface area contributed by atoms with Crippen LogP contribution in [0.5, 0.6) is 11.5 Å². The summed E-state index contributed by atoms with van der Waals surface area (Å²) in [6.07, 6.45) is 0. The number of fused-ring (bicyclic) bond motifs is 1. The van der Waals surface area contributed by atoms with Crippen molar-refractivity contribution in [2.75, 3.05) is 12.1 Å². The van der Waals surface area contributed by atoms with Crippen LogP contribution >= 0.6 is 15.9 Å². The van der Waals surface area contributed by atoms with E-state index in [0.717, 1.165) is 16.1 Å². The summed E-state index contributed by atoms with van der Waals surface area (Å²) in [5.41, 5.74) is 1.13. The van der Waals surface area contributed by atoms with E-state index < -0.39 is 11.6 Å². The molecule has 2 aromatic rings. The molecule has 0 unspecified atom stereocenters. The van der Waals surface area contributed by atoms with Gasteiger partial charge in [-0.05, 0) is 29.8 Å². The van der Waals surface area contributed by atoms with Crippen molar-refractivity contribution in [1.82, 2.24) is 0 Å². The van der Waals surface area contributed by atoms with Crippen molar-refractivity contribution in [3.63, 3.8) is 0 Å². The summed E-state index contributed by atoms with van der Waals surface area (Å²) in [5.74, 6) is 0.109. The lowest BCUT2D eigenvalue weighted by Gasteiger charge is -2.10. The van der Waals surface area contributed by atoms with E-state index in [1.165, 1.54) is 12.1 Å². The van der Waals surface area contributed by atoms with Gasteiger partial charge in [-0.15, -0.1) is 0 Å². The maximum atomic E-state index is 13.5. The average molecular weight is 342 g/mol. The van der Waals surface area contributed by atoms with Crippen molar-refractivity contribution in [3.8, 4) is 11.5 Å². The Balaban J connectivity index is 1.78. The van der Waals surface area contributed by atoms with E-state index in [-0.39, 0.29) is 12.5 Å². The first-order valence-electron chi connectivity index (χ1n) is 5.90. The Morgan fingerprint density at radius 2 is 1.85 bits per heavy atom. The third-order valence-electron chi connectivity index (χ3n) is 2.94. The lowest BCUT2D eigenvalue weighted by Crippen LogP contribution is -2.02. The SMILES string of the molecule is Fc1ccc(NCc2cc3c(cc2Br)OCO3)c(F)c1. The third kappa shape index (κ3) is 2.56. The fraction of sp³-hybridized carbons (Fsp3) is 0.143. The highest BCUT2D eigenvalue weighted by Gasteiger charge is 2.16. The summed E-state index contributed by atoms with van der Waals surface area (Å²) < 4.78 is 37.7. The molecule has 104 valence electrons. The van der Waals surface area contributed by atoms with Crippen molar-refractivity contribution in [3.05, 3.63) is 52.0 Å². The second kappa shape index (κ2) is 5.28. The summed E-state index contributed by atoms with van der Waals surface area (Å²) in [5, 5.41) is 2.92. The zero-order chi connectivity index (χ0) is 14.1. The van der Waals surface area contributed by atoms with E-state index in [1.54, 1.807) is 6.07 Å². The van der Waals surface area contributed by atoms with Crippen LogP contribution in [0.4, 0.5) is 14.5 Å². The molecule has 1 aliphatic heterocycles. The van der Waals surface area contributed by atoms with E-state index in [4.69, 9.17) is 9.47 Å². The second-order valence-electron chi connectivity index (χ2n) is 4.27. The highest BCUT2D eigenvalue weighted by atomic mass is 79.9. The van der Waals surface area contributed by atoms with Gasteiger partial charge in [-0.2, -0.15) is 0 Å². The van der Waals surface area contributed by atoms with E-state index in [0.29, 0.717) is 18.0 Å². The van der Waals surface area contributed by atoms with Gasteiger partial charge in [0.05, 0.1) is 5.69 Å². The Morgan fingerprint density at radius 3 is 2.60 bits per heavy atom. The van der Waals surface area contributed by atoms with Crippen LogP contribution in [0.25, 0.3) is 0 Å². The summed E-state index contributed by atoms with van der Waals surface area (Å²) >= 11 is 3.42. The number of rotatable bonds is 3. The first-order valence-corrected chi connectivity index (χ1v) is 6.70. The molecule has 0 atom stereocenters. The van der Waals surface area contributed by atoms with Gasteiger partial charge in [0.15, 0.2) is 11.5 Å². The van der Waals surface area contributed by atoms with E-state index in [9.17, 15) is 8.78 Å². The normalized spacial score (nSPS) is 12.6. The van der Waals surface area contributed by atoms with Gasteiger partial charge in [-0.1, -0.05) is 15.9 Å². The first kappa shape index (κ1) is 13.2. The minimum absolute atomic E-state index is 0.200. The Morgan fingerprint density at radius 1 is 1.10 bits per heavy atom. The van der Waals surface area contributed by atoms with E-state index >= 15 is 0 Å². The second-order valence-corrected chi connectivity index (χ2v) is 5.13. The average Bonchev–Trinajstić information content (AvgIpc) is 2.84. The monoisotopic (exact) mass is 341 g/mol. The Labute approximate surface area is 122 Å². The Kier molecular flexibility index (Phi) is 3.48. The van der Waals surface area contributed by atoms with Gasteiger partial charge in [0, 0.05) is 17.1 Å². The molecule has 0 amide bonds. The molecule has 1 aliphatic rings. The van der Waals surface area contributed by atoms with Crippen LogP contribution in [0.3, 0.4) is 0 Å². The van der Waals surface area contributed by atoms with Gasteiger partial charge in [0.2, 0.25) is 6.79 Å².